The molecular weight excluding hydrogens is 386 g/mol. The molecule has 0 radical (unpaired) electrons. The Balaban J connectivity index is 2.31. The predicted molar refractivity (Wildman–Crippen MR) is 116 cm³/mol. The predicted octanol–water partition coefficient (Wildman–Crippen LogP) is 3.31. The molecule has 0 spiro atoms. The lowest BCUT2D eigenvalue weighted by Crippen LogP contribution is -2.32. The lowest BCUT2D eigenvalue weighted by molar-refractivity contribution is -0.114. The molecule has 2 rings (SSSR count). The zero-order chi connectivity index (χ0) is 21.4. The standard InChI is InChI=1S/C21H25N5O2S/c1-14(2)11-18(21(28)23-10-9-22)24-20-17(13-29-25-20)15-5-7-16(8-6-15)19(27)12-26(3)4/h5-8,13-14H,10-12H2,1-4H3,(H,23,28). The van der Waals surface area contributed by atoms with Crippen LogP contribution in [0.3, 0.4) is 0 Å². The first-order valence-electron chi connectivity index (χ1n) is 9.27. The molecule has 0 aliphatic rings. The summed E-state index contributed by atoms with van der Waals surface area (Å²) in [6, 6.07) is 9.21. The van der Waals surface area contributed by atoms with E-state index >= 15 is 0 Å². The number of aliphatic imine (C=N–C) groups is 1. The summed E-state index contributed by atoms with van der Waals surface area (Å²) in [5.74, 6) is 0.385. The van der Waals surface area contributed by atoms with Crippen molar-refractivity contribution < 1.29 is 9.59 Å². The normalized spacial score (nSPS) is 11.6. The fraction of sp³-hybridized carbons (Fsp3) is 0.381. The molecule has 8 heteroatoms. The highest BCUT2D eigenvalue weighted by atomic mass is 32.1. The molecule has 7 nitrogen and oxygen atoms in total. The van der Waals surface area contributed by atoms with Gasteiger partial charge in [0.2, 0.25) is 0 Å². The molecule has 1 heterocycles. The molecule has 2 aromatic rings. The minimum absolute atomic E-state index is 0.0524. The summed E-state index contributed by atoms with van der Waals surface area (Å²) in [5, 5.41) is 13.1. The van der Waals surface area contributed by atoms with Gasteiger partial charge in [0.15, 0.2) is 11.6 Å². The number of carbonyl (C=O) groups excluding carboxylic acids is 2. The van der Waals surface area contributed by atoms with Gasteiger partial charge in [-0.15, -0.1) is 0 Å². The molecule has 152 valence electrons. The number of ketones is 1. The van der Waals surface area contributed by atoms with Crippen LogP contribution in [-0.2, 0) is 4.79 Å². The third-order valence-corrected chi connectivity index (χ3v) is 4.58. The molecule has 0 atom stereocenters. The van der Waals surface area contributed by atoms with Crippen LogP contribution in [0.15, 0.2) is 34.6 Å². The fourth-order valence-electron chi connectivity index (χ4n) is 2.65. The number of hydrogen-bond donors (Lipinski definition) is 1. The monoisotopic (exact) mass is 411 g/mol. The molecule has 0 saturated heterocycles. The van der Waals surface area contributed by atoms with Crippen LogP contribution in [0.2, 0.25) is 0 Å². The molecule has 0 fully saturated rings. The number of hydrogen-bond acceptors (Lipinski definition) is 7. The maximum absolute atomic E-state index is 12.4. The lowest BCUT2D eigenvalue weighted by atomic mass is 10.0. The van der Waals surface area contributed by atoms with Gasteiger partial charge in [0, 0.05) is 16.5 Å². The molecular formula is C21H25N5O2S. The van der Waals surface area contributed by atoms with Crippen LogP contribution in [0.1, 0.15) is 30.6 Å². The van der Waals surface area contributed by atoms with Crippen molar-refractivity contribution in [3.8, 4) is 17.2 Å². The Kier molecular flexibility index (Phi) is 8.19. The molecule has 1 aromatic heterocycles. The van der Waals surface area contributed by atoms with Gasteiger partial charge in [-0.25, -0.2) is 4.99 Å². The number of benzene rings is 1. The first-order valence-corrected chi connectivity index (χ1v) is 10.1. The summed E-state index contributed by atoms with van der Waals surface area (Å²) < 4.78 is 4.33. The van der Waals surface area contributed by atoms with Crippen molar-refractivity contribution in [2.75, 3.05) is 27.2 Å². The van der Waals surface area contributed by atoms with Crippen molar-refractivity contribution in [2.45, 2.75) is 20.3 Å². The third-order valence-electron chi connectivity index (χ3n) is 3.96. The van der Waals surface area contributed by atoms with Crippen LogP contribution in [0, 0.1) is 17.2 Å². The van der Waals surface area contributed by atoms with Gasteiger partial charge in [0.25, 0.3) is 5.91 Å². The Hall–Kier alpha value is -2.89. The van der Waals surface area contributed by atoms with Crippen LogP contribution in [0.4, 0.5) is 5.82 Å². The fourth-order valence-corrected chi connectivity index (χ4v) is 3.29. The number of Topliss-reactive ketones (excluding diaryl/α,β-unsaturated/α-hetero) is 1. The van der Waals surface area contributed by atoms with E-state index in [9.17, 15) is 9.59 Å². The van der Waals surface area contributed by atoms with E-state index in [0.29, 0.717) is 30.1 Å². The number of nitrogens with zero attached hydrogens (tertiary/aromatic N) is 4. The minimum Gasteiger partial charge on any atom is -0.338 e. The molecule has 0 bridgehead atoms. The average Bonchev–Trinajstić information content (AvgIpc) is 3.13. The third kappa shape index (κ3) is 6.59. The van der Waals surface area contributed by atoms with E-state index in [0.717, 1.165) is 11.1 Å². The first-order chi connectivity index (χ1) is 13.8. The quantitative estimate of drug-likeness (QED) is 0.388. The zero-order valence-corrected chi connectivity index (χ0v) is 17.9. The van der Waals surface area contributed by atoms with Crippen molar-refractivity contribution in [3.05, 3.63) is 35.2 Å². The highest BCUT2D eigenvalue weighted by Crippen LogP contribution is 2.32. The number of nitriles is 1. The van der Waals surface area contributed by atoms with E-state index in [1.807, 2.05) is 56.4 Å². The van der Waals surface area contributed by atoms with Crippen molar-refractivity contribution in [3.63, 3.8) is 0 Å². The number of carbonyl (C=O) groups is 2. The van der Waals surface area contributed by atoms with Gasteiger partial charge in [-0.1, -0.05) is 38.1 Å². The van der Waals surface area contributed by atoms with Gasteiger partial charge in [0.1, 0.15) is 12.3 Å². The molecule has 29 heavy (non-hydrogen) atoms. The lowest BCUT2D eigenvalue weighted by Gasteiger charge is -2.09. The van der Waals surface area contributed by atoms with Gasteiger partial charge in [-0.3, -0.25) is 9.59 Å². The Labute approximate surface area is 175 Å². The smallest absolute Gasteiger partial charge is 0.266 e. The Morgan fingerprint density at radius 3 is 2.55 bits per heavy atom. The summed E-state index contributed by atoms with van der Waals surface area (Å²) in [6.07, 6.45) is 0.478. The maximum Gasteiger partial charge on any atom is 0.266 e. The average molecular weight is 412 g/mol. The second-order valence-electron chi connectivity index (χ2n) is 7.29. The van der Waals surface area contributed by atoms with E-state index in [-0.39, 0.29) is 24.2 Å². The van der Waals surface area contributed by atoms with Crippen LogP contribution in [-0.4, -0.2) is 53.9 Å². The van der Waals surface area contributed by atoms with E-state index in [4.69, 9.17) is 5.26 Å². The van der Waals surface area contributed by atoms with E-state index in [1.54, 1.807) is 12.1 Å². The summed E-state index contributed by atoms with van der Waals surface area (Å²) in [7, 11) is 3.71. The Morgan fingerprint density at radius 2 is 1.97 bits per heavy atom. The highest BCUT2D eigenvalue weighted by molar-refractivity contribution is 7.04. The number of amides is 1. The number of likely N-dealkylation sites (N-methyl/N-ethyl adjacent to an activating group) is 1. The summed E-state index contributed by atoms with van der Waals surface area (Å²) in [4.78, 5) is 30.9. The second kappa shape index (κ2) is 10.6. The molecule has 1 N–H and O–H groups in total. The molecule has 1 aromatic carbocycles. The number of nitrogens with one attached hydrogen (secondary N) is 1. The van der Waals surface area contributed by atoms with Gasteiger partial charge < -0.3 is 10.2 Å². The van der Waals surface area contributed by atoms with E-state index < -0.39 is 0 Å². The zero-order valence-electron chi connectivity index (χ0n) is 17.1. The van der Waals surface area contributed by atoms with Crippen LogP contribution in [0.25, 0.3) is 11.1 Å². The number of aromatic nitrogens is 1. The number of rotatable bonds is 9. The highest BCUT2D eigenvalue weighted by Gasteiger charge is 2.16. The molecule has 0 aliphatic heterocycles. The van der Waals surface area contributed by atoms with Crippen molar-refractivity contribution in [1.29, 1.82) is 5.26 Å². The Morgan fingerprint density at radius 1 is 1.28 bits per heavy atom. The first kappa shape index (κ1) is 22.4. The summed E-state index contributed by atoms with van der Waals surface area (Å²) in [6.45, 7) is 4.28. The van der Waals surface area contributed by atoms with Gasteiger partial charge in [-0.2, -0.15) is 9.64 Å². The van der Waals surface area contributed by atoms with Gasteiger partial charge in [0.05, 0.1) is 12.6 Å². The molecule has 0 unspecified atom stereocenters. The van der Waals surface area contributed by atoms with Gasteiger partial charge in [-0.05, 0) is 43.5 Å². The molecule has 0 aliphatic carbocycles. The van der Waals surface area contributed by atoms with Crippen molar-refractivity contribution in [1.82, 2.24) is 14.6 Å². The topological polar surface area (TPSA) is 98.4 Å². The van der Waals surface area contributed by atoms with Crippen molar-refractivity contribution >= 4 is 34.8 Å². The van der Waals surface area contributed by atoms with Crippen molar-refractivity contribution in [2.24, 2.45) is 10.9 Å². The molecule has 0 saturated carbocycles. The molecule has 1 amide bonds. The van der Waals surface area contributed by atoms with Gasteiger partial charge >= 0.3 is 0 Å². The van der Waals surface area contributed by atoms with Crippen LogP contribution >= 0.6 is 11.5 Å². The van der Waals surface area contributed by atoms with E-state index in [1.165, 1.54) is 11.5 Å². The summed E-state index contributed by atoms with van der Waals surface area (Å²) in [5.41, 5.74) is 2.67. The Bertz CT molecular complexity index is 923. The summed E-state index contributed by atoms with van der Waals surface area (Å²) >= 11 is 1.26. The maximum atomic E-state index is 12.4. The SMILES string of the molecule is CC(C)CC(=Nc1nscc1-c1ccc(C(=O)CN(C)C)cc1)C(=O)NCC#N. The van der Waals surface area contributed by atoms with E-state index in [2.05, 4.69) is 14.7 Å². The largest absolute Gasteiger partial charge is 0.338 e. The second-order valence-corrected chi connectivity index (χ2v) is 7.92. The minimum atomic E-state index is -0.358. The van der Waals surface area contributed by atoms with Crippen LogP contribution < -0.4 is 5.32 Å². The van der Waals surface area contributed by atoms with Crippen LogP contribution in [0.5, 0.6) is 0 Å².